The van der Waals surface area contributed by atoms with Gasteiger partial charge in [0.25, 0.3) is 0 Å². The molecule has 100 valence electrons. The van der Waals surface area contributed by atoms with E-state index in [9.17, 15) is 0 Å². The Morgan fingerprint density at radius 2 is 1.53 bits per heavy atom. The average Bonchev–Trinajstić information content (AvgIpc) is 2.37. The number of rotatable bonds is 3. The standard InChI is InChI=1S/C13H9Br4NTe/c14-11-5-7-12(8-6-11)18-9-10-3-1-2-4-13(10)19(15,16)17/h1-9H. The van der Waals surface area contributed by atoms with E-state index in [1.807, 2.05) is 42.6 Å². The monoisotopic (exact) mass is 625 g/mol. The molecule has 2 aromatic rings. The van der Waals surface area contributed by atoms with Gasteiger partial charge in [-0.25, -0.2) is 0 Å². The van der Waals surface area contributed by atoms with Gasteiger partial charge in [0, 0.05) is 0 Å². The van der Waals surface area contributed by atoms with Crippen molar-refractivity contribution in [1.82, 2.24) is 0 Å². The summed E-state index contributed by atoms with van der Waals surface area (Å²) in [4.78, 5) is 4.51. The van der Waals surface area contributed by atoms with Crippen molar-refractivity contribution < 1.29 is 0 Å². The molecular weight excluding hydrogens is 617 g/mol. The summed E-state index contributed by atoms with van der Waals surface area (Å²) in [7, 11) is 0. The Labute approximate surface area is 143 Å². The zero-order valence-electron chi connectivity index (χ0n) is 9.56. The molecule has 0 atom stereocenters. The van der Waals surface area contributed by atoms with Gasteiger partial charge in [-0.3, -0.25) is 0 Å². The van der Waals surface area contributed by atoms with Crippen molar-refractivity contribution in [1.29, 1.82) is 0 Å². The van der Waals surface area contributed by atoms with Gasteiger partial charge in [0.2, 0.25) is 0 Å². The number of benzene rings is 2. The Morgan fingerprint density at radius 1 is 0.895 bits per heavy atom. The number of aliphatic imine (C=N–C) groups is 1. The summed E-state index contributed by atoms with van der Waals surface area (Å²) in [5.41, 5.74) is 2.06. The Morgan fingerprint density at radius 3 is 2.16 bits per heavy atom. The second-order valence-corrected chi connectivity index (χ2v) is 45.2. The molecule has 0 aromatic heterocycles. The van der Waals surface area contributed by atoms with E-state index >= 15 is 0 Å². The van der Waals surface area contributed by atoms with Crippen molar-refractivity contribution in [3.63, 3.8) is 0 Å². The fourth-order valence-electron chi connectivity index (χ4n) is 1.47. The average molecular weight is 626 g/mol. The summed E-state index contributed by atoms with van der Waals surface area (Å²) >= 11 is 12.2. The molecular formula is C13H9Br4NTe. The van der Waals surface area contributed by atoms with Gasteiger partial charge < -0.3 is 0 Å². The van der Waals surface area contributed by atoms with E-state index in [1.165, 1.54) is 3.61 Å². The van der Waals surface area contributed by atoms with Gasteiger partial charge in [0.1, 0.15) is 0 Å². The molecule has 19 heavy (non-hydrogen) atoms. The molecule has 0 radical (unpaired) electrons. The maximum atomic E-state index is 4.51. The van der Waals surface area contributed by atoms with Crippen LogP contribution in [-0.4, -0.2) is 17.8 Å². The molecule has 2 aromatic carbocycles. The van der Waals surface area contributed by atoms with Crippen LogP contribution in [0.4, 0.5) is 5.69 Å². The number of halogens is 4. The van der Waals surface area contributed by atoms with Crippen LogP contribution in [0.2, 0.25) is 0 Å². The van der Waals surface area contributed by atoms with Crippen LogP contribution in [0.3, 0.4) is 0 Å². The summed E-state index contributed by atoms with van der Waals surface area (Å²) in [5, 5.41) is 0. The third kappa shape index (κ3) is 4.94. The SMILES string of the molecule is Brc1ccc(N=Cc2ccccc2[Te](Br)(Br)Br)cc1. The zero-order chi connectivity index (χ0) is 13.9. The van der Waals surface area contributed by atoms with Crippen LogP contribution in [0.15, 0.2) is 58.0 Å². The van der Waals surface area contributed by atoms with Crippen molar-refractivity contribution >= 4 is 81.3 Å². The Balaban J connectivity index is 2.31. The van der Waals surface area contributed by atoms with E-state index in [0.717, 1.165) is 15.7 Å². The maximum absolute atomic E-state index is 4.51. The van der Waals surface area contributed by atoms with Crippen LogP contribution < -0.4 is 3.61 Å². The molecule has 0 heterocycles. The predicted octanol–water partition coefficient (Wildman–Crippen LogP) is 5.53. The molecule has 0 aliphatic rings. The number of hydrogen-bond donors (Lipinski definition) is 0. The quantitative estimate of drug-likeness (QED) is 0.314. The normalized spacial score (nSPS) is 12.8. The molecule has 0 spiro atoms. The Bertz CT molecular complexity index is 590. The van der Waals surface area contributed by atoms with Crippen LogP contribution >= 0.6 is 54.2 Å². The molecule has 0 saturated carbocycles. The van der Waals surface area contributed by atoms with Crippen LogP contribution in [-0.2, 0) is 0 Å². The van der Waals surface area contributed by atoms with Gasteiger partial charge in [-0.15, -0.1) is 0 Å². The van der Waals surface area contributed by atoms with E-state index < -0.39 is 11.6 Å². The number of hydrogen-bond acceptors (Lipinski definition) is 1. The first-order chi connectivity index (χ1) is 8.97. The molecule has 0 bridgehead atoms. The van der Waals surface area contributed by atoms with Gasteiger partial charge in [-0.2, -0.15) is 0 Å². The minimum absolute atomic E-state index is 0.940. The third-order valence-electron chi connectivity index (χ3n) is 2.35. The topological polar surface area (TPSA) is 12.4 Å². The summed E-state index contributed by atoms with van der Waals surface area (Å²) in [6, 6.07) is 16.2. The van der Waals surface area contributed by atoms with Crippen molar-refractivity contribution in [3.8, 4) is 0 Å². The molecule has 0 aliphatic heterocycles. The van der Waals surface area contributed by atoms with E-state index in [4.69, 9.17) is 0 Å². The molecule has 0 N–H and O–H groups in total. The first kappa shape index (κ1) is 16.2. The first-order valence-corrected chi connectivity index (χ1v) is 22.9. The van der Waals surface area contributed by atoms with Crippen LogP contribution in [0, 0.1) is 0 Å². The van der Waals surface area contributed by atoms with Gasteiger partial charge in [0.15, 0.2) is 0 Å². The summed E-state index contributed by atoms with van der Waals surface area (Å²) in [6.07, 6.45) is 1.91. The molecule has 6 heteroatoms. The third-order valence-corrected chi connectivity index (χ3v) is 12.4. The predicted molar refractivity (Wildman–Crippen MR) is 100 cm³/mol. The Hall–Kier alpha value is 0.820. The molecule has 0 aliphatic carbocycles. The molecule has 0 amide bonds. The fraction of sp³-hybridized carbons (Fsp3) is 0. The van der Waals surface area contributed by atoms with Crippen LogP contribution in [0.25, 0.3) is 0 Å². The molecule has 1 nitrogen and oxygen atoms in total. The van der Waals surface area contributed by atoms with Gasteiger partial charge in [-0.05, 0) is 0 Å². The van der Waals surface area contributed by atoms with Gasteiger partial charge >= 0.3 is 145 Å². The molecule has 0 fully saturated rings. The summed E-state index contributed by atoms with van der Waals surface area (Å²) in [5.74, 6) is 0. The van der Waals surface area contributed by atoms with Crippen molar-refractivity contribution in [2.75, 3.05) is 0 Å². The van der Waals surface area contributed by atoms with E-state index in [1.54, 1.807) is 0 Å². The molecule has 0 saturated heterocycles. The summed E-state index contributed by atoms with van der Waals surface area (Å²) in [6.45, 7) is 0. The van der Waals surface area contributed by atoms with Crippen LogP contribution in [0.1, 0.15) is 5.56 Å². The van der Waals surface area contributed by atoms with Crippen LogP contribution in [0.5, 0.6) is 0 Å². The zero-order valence-corrected chi connectivity index (χ0v) is 18.2. The molecule has 2 rings (SSSR count). The van der Waals surface area contributed by atoms with E-state index in [2.05, 4.69) is 71.3 Å². The Kier molecular flexibility index (Phi) is 6.13. The first-order valence-electron chi connectivity index (χ1n) is 5.28. The minimum atomic E-state index is -2.42. The van der Waals surface area contributed by atoms with Gasteiger partial charge in [0.05, 0.1) is 0 Å². The second kappa shape index (κ2) is 7.20. The summed E-state index contributed by atoms with van der Waals surface area (Å²) < 4.78 is 2.31. The van der Waals surface area contributed by atoms with Crippen molar-refractivity contribution in [2.45, 2.75) is 0 Å². The second-order valence-electron chi connectivity index (χ2n) is 3.68. The number of nitrogens with zero attached hydrogens (tertiary/aromatic N) is 1. The van der Waals surface area contributed by atoms with E-state index in [0.29, 0.717) is 0 Å². The van der Waals surface area contributed by atoms with Crippen molar-refractivity contribution in [3.05, 3.63) is 58.6 Å². The fourth-order valence-corrected chi connectivity index (χ4v) is 9.44. The van der Waals surface area contributed by atoms with Crippen molar-refractivity contribution in [2.24, 2.45) is 4.99 Å². The van der Waals surface area contributed by atoms with Gasteiger partial charge in [-0.1, -0.05) is 0 Å². The van der Waals surface area contributed by atoms with E-state index in [-0.39, 0.29) is 0 Å². The molecule has 0 unspecified atom stereocenters.